The van der Waals surface area contributed by atoms with Gasteiger partial charge in [-0.3, -0.25) is 0 Å². The van der Waals surface area contributed by atoms with E-state index >= 15 is 0 Å². The van der Waals surface area contributed by atoms with Gasteiger partial charge in [0.05, 0.1) is 24.1 Å². The van der Waals surface area contributed by atoms with Crippen LogP contribution in [0.1, 0.15) is 16.1 Å². The SMILES string of the molecule is COC(=O)c1sc(NCCC(F)(F)F)c(SC)c1N. The molecule has 0 amide bonds. The van der Waals surface area contributed by atoms with Gasteiger partial charge < -0.3 is 15.8 Å². The van der Waals surface area contributed by atoms with Crippen molar-refractivity contribution in [2.24, 2.45) is 0 Å². The molecule has 0 aromatic carbocycles. The molecule has 0 aliphatic rings. The van der Waals surface area contributed by atoms with Crippen LogP contribution in [0.5, 0.6) is 0 Å². The number of carbonyl (C=O) groups excluding carboxylic acids is 1. The zero-order valence-electron chi connectivity index (χ0n) is 10.3. The number of hydrogen-bond acceptors (Lipinski definition) is 6. The van der Waals surface area contributed by atoms with Gasteiger partial charge in [-0.2, -0.15) is 13.2 Å². The van der Waals surface area contributed by atoms with Gasteiger partial charge in [0.25, 0.3) is 0 Å². The van der Waals surface area contributed by atoms with E-state index in [2.05, 4.69) is 10.1 Å². The Labute approximate surface area is 116 Å². The van der Waals surface area contributed by atoms with Crippen LogP contribution in [-0.2, 0) is 4.74 Å². The van der Waals surface area contributed by atoms with Gasteiger partial charge in [-0.15, -0.1) is 23.1 Å². The molecule has 0 aliphatic heterocycles. The van der Waals surface area contributed by atoms with Crippen LogP contribution < -0.4 is 11.1 Å². The predicted molar refractivity (Wildman–Crippen MR) is 71.0 cm³/mol. The molecule has 0 aliphatic carbocycles. The number of rotatable bonds is 5. The molecule has 9 heteroatoms. The minimum absolute atomic E-state index is 0.196. The first-order chi connectivity index (χ1) is 8.80. The predicted octanol–water partition coefficient (Wildman–Crippen LogP) is 3.20. The fourth-order valence-electron chi connectivity index (χ4n) is 1.31. The Morgan fingerprint density at radius 3 is 2.63 bits per heavy atom. The lowest BCUT2D eigenvalue weighted by atomic mass is 10.4. The fraction of sp³-hybridized carbons (Fsp3) is 0.500. The van der Waals surface area contributed by atoms with Crippen molar-refractivity contribution < 1.29 is 22.7 Å². The molecule has 0 radical (unpaired) electrons. The summed E-state index contributed by atoms with van der Waals surface area (Å²) in [6, 6.07) is 0. The highest BCUT2D eigenvalue weighted by molar-refractivity contribution is 7.99. The Balaban J connectivity index is 2.86. The van der Waals surface area contributed by atoms with Gasteiger partial charge in [-0.25, -0.2) is 4.79 Å². The van der Waals surface area contributed by atoms with E-state index in [0.29, 0.717) is 9.90 Å². The summed E-state index contributed by atoms with van der Waals surface area (Å²) < 4.78 is 40.8. The lowest BCUT2D eigenvalue weighted by Crippen LogP contribution is -2.14. The molecule has 108 valence electrons. The minimum Gasteiger partial charge on any atom is -0.465 e. The first kappa shape index (κ1) is 16.0. The summed E-state index contributed by atoms with van der Waals surface area (Å²) in [6.45, 7) is -0.266. The van der Waals surface area contributed by atoms with Gasteiger partial charge in [0.2, 0.25) is 0 Å². The number of thioether (sulfide) groups is 1. The number of alkyl halides is 3. The molecule has 0 atom stereocenters. The van der Waals surface area contributed by atoms with Crippen LogP contribution in [-0.4, -0.2) is 32.1 Å². The summed E-state index contributed by atoms with van der Waals surface area (Å²) in [5.41, 5.74) is 6.01. The Hall–Kier alpha value is -1.09. The van der Waals surface area contributed by atoms with Gasteiger partial charge in [-0.05, 0) is 6.26 Å². The van der Waals surface area contributed by atoms with Crippen molar-refractivity contribution >= 4 is 39.8 Å². The molecule has 19 heavy (non-hydrogen) atoms. The van der Waals surface area contributed by atoms with Crippen molar-refractivity contribution in [1.29, 1.82) is 0 Å². The largest absolute Gasteiger partial charge is 0.465 e. The second-order valence-corrected chi connectivity index (χ2v) is 5.33. The van der Waals surface area contributed by atoms with Crippen LogP contribution in [0.2, 0.25) is 0 Å². The maximum Gasteiger partial charge on any atom is 0.390 e. The molecule has 4 nitrogen and oxygen atoms in total. The van der Waals surface area contributed by atoms with E-state index in [1.807, 2.05) is 0 Å². The third kappa shape index (κ3) is 4.20. The van der Waals surface area contributed by atoms with Gasteiger partial charge in [0, 0.05) is 6.54 Å². The van der Waals surface area contributed by atoms with Gasteiger partial charge >= 0.3 is 12.1 Å². The van der Waals surface area contributed by atoms with Gasteiger partial charge in [0.1, 0.15) is 9.88 Å². The Morgan fingerprint density at radius 2 is 2.16 bits per heavy atom. The minimum atomic E-state index is -4.22. The molecule has 0 saturated carbocycles. The van der Waals surface area contributed by atoms with Crippen LogP contribution in [0.3, 0.4) is 0 Å². The number of anilines is 2. The van der Waals surface area contributed by atoms with Crippen LogP contribution >= 0.6 is 23.1 Å². The normalized spacial score (nSPS) is 11.4. The maximum absolute atomic E-state index is 12.1. The number of carbonyl (C=O) groups is 1. The quantitative estimate of drug-likeness (QED) is 0.645. The molecule has 0 unspecified atom stereocenters. The summed E-state index contributed by atoms with van der Waals surface area (Å²) in [6.07, 6.45) is -3.44. The highest BCUT2D eigenvalue weighted by Crippen LogP contribution is 2.42. The molecule has 0 spiro atoms. The average molecular weight is 314 g/mol. The van der Waals surface area contributed by atoms with E-state index in [9.17, 15) is 18.0 Å². The topological polar surface area (TPSA) is 64.3 Å². The van der Waals surface area contributed by atoms with Crippen molar-refractivity contribution in [3.05, 3.63) is 4.88 Å². The highest BCUT2D eigenvalue weighted by atomic mass is 32.2. The molecule has 1 rings (SSSR count). The number of nitrogens with two attached hydrogens (primary N) is 1. The zero-order chi connectivity index (χ0) is 14.6. The first-order valence-electron chi connectivity index (χ1n) is 5.15. The number of thiophene rings is 1. The Morgan fingerprint density at radius 1 is 1.53 bits per heavy atom. The lowest BCUT2D eigenvalue weighted by Gasteiger charge is -2.08. The summed E-state index contributed by atoms with van der Waals surface area (Å²) >= 11 is 2.26. The molecule has 3 N–H and O–H groups in total. The standard InChI is InChI=1S/C10H13F3N2O2S2/c1-17-9(16)7-5(14)6(18-2)8(19-7)15-4-3-10(11,12)13/h15H,3-4,14H2,1-2H3. The van der Waals surface area contributed by atoms with E-state index in [0.717, 1.165) is 11.3 Å². The monoisotopic (exact) mass is 314 g/mol. The number of halogens is 3. The van der Waals surface area contributed by atoms with E-state index < -0.39 is 18.6 Å². The van der Waals surface area contributed by atoms with E-state index in [4.69, 9.17) is 5.73 Å². The number of nitrogen functional groups attached to an aromatic ring is 1. The van der Waals surface area contributed by atoms with Gasteiger partial charge in [0.15, 0.2) is 0 Å². The smallest absolute Gasteiger partial charge is 0.390 e. The number of ether oxygens (including phenoxy) is 1. The number of methoxy groups -OCH3 is 1. The number of hydrogen-bond donors (Lipinski definition) is 2. The Bertz CT molecular complexity index is 460. The maximum atomic E-state index is 12.1. The molecule has 0 fully saturated rings. The van der Waals surface area contributed by atoms with Crippen LogP contribution in [0.25, 0.3) is 0 Å². The van der Waals surface area contributed by atoms with Crippen molar-refractivity contribution in [3.8, 4) is 0 Å². The van der Waals surface area contributed by atoms with Crippen molar-refractivity contribution in [2.45, 2.75) is 17.5 Å². The number of nitrogens with one attached hydrogen (secondary N) is 1. The molecular weight excluding hydrogens is 301 g/mol. The fourth-order valence-corrected chi connectivity index (χ4v) is 3.29. The summed E-state index contributed by atoms with van der Waals surface area (Å²) in [5, 5.41) is 3.10. The zero-order valence-corrected chi connectivity index (χ0v) is 11.9. The summed E-state index contributed by atoms with van der Waals surface area (Å²) in [5.74, 6) is -0.596. The van der Waals surface area contributed by atoms with Crippen LogP contribution in [0.15, 0.2) is 4.90 Å². The summed E-state index contributed by atoms with van der Waals surface area (Å²) in [7, 11) is 1.22. The molecule has 0 bridgehead atoms. The van der Waals surface area contributed by atoms with E-state index in [1.165, 1.54) is 18.9 Å². The highest BCUT2D eigenvalue weighted by Gasteiger charge is 2.27. The molecule has 1 heterocycles. The third-order valence-electron chi connectivity index (χ3n) is 2.17. The van der Waals surface area contributed by atoms with Crippen molar-refractivity contribution in [2.75, 3.05) is 31.0 Å². The molecule has 0 saturated heterocycles. The van der Waals surface area contributed by atoms with E-state index in [-0.39, 0.29) is 17.1 Å². The summed E-state index contributed by atoms with van der Waals surface area (Å²) in [4.78, 5) is 12.2. The first-order valence-corrected chi connectivity index (χ1v) is 7.19. The van der Waals surface area contributed by atoms with Crippen molar-refractivity contribution in [3.63, 3.8) is 0 Å². The van der Waals surface area contributed by atoms with Crippen LogP contribution in [0.4, 0.5) is 23.9 Å². The third-order valence-corrected chi connectivity index (χ3v) is 4.27. The average Bonchev–Trinajstić information content (AvgIpc) is 2.63. The number of esters is 1. The second-order valence-electron chi connectivity index (χ2n) is 3.49. The van der Waals surface area contributed by atoms with Gasteiger partial charge in [-0.1, -0.05) is 0 Å². The molecule has 1 aromatic heterocycles. The Kier molecular flexibility index (Phi) is 5.36. The van der Waals surface area contributed by atoms with Crippen LogP contribution in [0, 0.1) is 0 Å². The molecule has 1 aromatic rings. The lowest BCUT2D eigenvalue weighted by molar-refractivity contribution is -0.131. The van der Waals surface area contributed by atoms with E-state index in [1.54, 1.807) is 6.26 Å². The molecular formula is C10H13F3N2O2S2. The van der Waals surface area contributed by atoms with Crippen molar-refractivity contribution in [1.82, 2.24) is 0 Å². The second kappa shape index (κ2) is 6.38.